The number of aliphatic hydroxyl groups is 2. The molecule has 2 amide bonds. The van der Waals surface area contributed by atoms with Gasteiger partial charge in [0, 0.05) is 18.9 Å². The fraction of sp³-hybridized carbons (Fsp3) is 0.457. The number of hydrogen-bond acceptors (Lipinski definition) is 7. The minimum Gasteiger partial charge on any atom is -0.508 e. The van der Waals surface area contributed by atoms with Crippen LogP contribution >= 0.6 is 11.6 Å². The monoisotopic (exact) mass is 639 g/mol. The molecule has 0 spiro atoms. The lowest BCUT2D eigenvalue weighted by atomic mass is 9.68. The summed E-state index contributed by atoms with van der Waals surface area (Å²) in [5.74, 6) is -3.04. The van der Waals surface area contributed by atoms with Crippen molar-refractivity contribution in [3.05, 3.63) is 75.8 Å². The number of para-hydroxylation sites is 1. The number of phenols is 1. The van der Waals surface area contributed by atoms with Crippen LogP contribution in [0.15, 0.2) is 65.3 Å². The van der Waals surface area contributed by atoms with E-state index in [1.54, 1.807) is 12.1 Å². The van der Waals surface area contributed by atoms with Crippen LogP contribution in [0.1, 0.15) is 63.9 Å². The van der Waals surface area contributed by atoms with E-state index in [1.165, 1.54) is 11.0 Å². The zero-order chi connectivity index (χ0) is 32.5. The molecule has 9 nitrogen and oxygen atoms in total. The molecule has 0 bridgehead atoms. The molecule has 1 saturated heterocycles. The maximum absolute atomic E-state index is 13.6. The topological polar surface area (TPSA) is 145 Å². The van der Waals surface area contributed by atoms with Crippen molar-refractivity contribution in [3.8, 4) is 11.5 Å². The Hall–Kier alpha value is -3.66. The Balaban J connectivity index is 1.56. The van der Waals surface area contributed by atoms with Crippen LogP contribution in [0.4, 0.5) is 0 Å². The molecule has 0 saturated carbocycles. The molecule has 0 aromatic heterocycles. The summed E-state index contributed by atoms with van der Waals surface area (Å²) in [7, 11) is 0. The third kappa shape index (κ3) is 8.54. The van der Waals surface area contributed by atoms with Gasteiger partial charge in [0.15, 0.2) is 0 Å². The molecule has 2 aromatic rings. The number of allylic oxidation sites excluding steroid dienone is 1. The van der Waals surface area contributed by atoms with Crippen molar-refractivity contribution in [2.45, 2.75) is 64.4 Å². The first-order chi connectivity index (χ1) is 21.6. The quantitative estimate of drug-likeness (QED) is 0.105. The molecule has 4 atom stereocenters. The van der Waals surface area contributed by atoms with Crippen LogP contribution in [-0.2, 0) is 14.4 Å². The largest absolute Gasteiger partial charge is 0.508 e. The first kappa shape index (κ1) is 34.2. The number of ether oxygens (including phenoxy) is 1. The van der Waals surface area contributed by atoms with Gasteiger partial charge in [0.2, 0.25) is 11.8 Å². The van der Waals surface area contributed by atoms with E-state index < -0.39 is 36.4 Å². The van der Waals surface area contributed by atoms with Crippen molar-refractivity contribution in [1.29, 1.82) is 0 Å². The van der Waals surface area contributed by atoms with Crippen LogP contribution in [0.5, 0.6) is 11.5 Å². The van der Waals surface area contributed by atoms with Gasteiger partial charge in [0.25, 0.3) is 0 Å². The smallest absolute Gasteiger partial charge is 0.303 e. The minimum absolute atomic E-state index is 0.0343. The molecule has 4 N–H and O–H groups in total. The summed E-state index contributed by atoms with van der Waals surface area (Å²) < 4.78 is 6.06. The lowest BCUT2D eigenvalue weighted by Gasteiger charge is -2.36. The highest BCUT2D eigenvalue weighted by molar-refractivity contribution is 6.32. The van der Waals surface area contributed by atoms with Gasteiger partial charge in [-0.05, 0) is 85.6 Å². The normalized spacial score (nSPS) is 20.8. The average Bonchev–Trinajstić information content (AvgIpc) is 3.26. The second-order valence-electron chi connectivity index (χ2n) is 11.7. The number of aliphatic carboxylic acids is 1. The Morgan fingerprint density at radius 3 is 2.51 bits per heavy atom. The molecule has 242 valence electrons. The fourth-order valence-corrected chi connectivity index (χ4v) is 6.70. The van der Waals surface area contributed by atoms with E-state index >= 15 is 0 Å². The highest BCUT2D eigenvalue weighted by Crippen LogP contribution is 2.46. The van der Waals surface area contributed by atoms with Gasteiger partial charge >= 0.3 is 5.97 Å². The maximum atomic E-state index is 13.6. The number of amides is 2. The van der Waals surface area contributed by atoms with Crippen LogP contribution in [0, 0.1) is 17.8 Å². The molecule has 4 rings (SSSR count). The number of hydrogen-bond donors (Lipinski definition) is 4. The number of halogens is 1. The van der Waals surface area contributed by atoms with E-state index in [2.05, 4.69) is 0 Å². The van der Waals surface area contributed by atoms with Gasteiger partial charge < -0.3 is 25.2 Å². The third-order valence-corrected chi connectivity index (χ3v) is 9.12. The average molecular weight is 640 g/mol. The van der Waals surface area contributed by atoms with Gasteiger partial charge in [-0.15, -0.1) is 0 Å². The van der Waals surface area contributed by atoms with E-state index in [0.29, 0.717) is 60.4 Å². The van der Waals surface area contributed by atoms with Crippen LogP contribution in [-0.4, -0.2) is 69.0 Å². The predicted molar refractivity (Wildman–Crippen MR) is 171 cm³/mol. The zero-order valence-electron chi connectivity index (χ0n) is 25.5. The molecule has 1 aliphatic carbocycles. The zero-order valence-corrected chi connectivity index (χ0v) is 26.3. The third-order valence-electron chi connectivity index (χ3n) is 8.80. The van der Waals surface area contributed by atoms with Crippen molar-refractivity contribution in [2.24, 2.45) is 17.8 Å². The molecule has 2 aromatic carbocycles. The van der Waals surface area contributed by atoms with Gasteiger partial charge in [0.05, 0.1) is 29.6 Å². The summed E-state index contributed by atoms with van der Waals surface area (Å²) in [6.45, 7) is 1.90. The van der Waals surface area contributed by atoms with Crippen molar-refractivity contribution in [3.63, 3.8) is 0 Å². The Bertz CT molecular complexity index is 1420. The van der Waals surface area contributed by atoms with Crippen molar-refractivity contribution < 1.29 is 39.5 Å². The number of nitrogens with zero attached hydrogens (tertiary/aromatic N) is 1. The molecule has 2 aliphatic rings. The first-order valence-electron chi connectivity index (χ1n) is 15.6. The number of phenolic OH excluding ortho intramolecular Hbond substituents is 1. The first-order valence-corrected chi connectivity index (χ1v) is 16.0. The Kier molecular flexibility index (Phi) is 12.2. The SMILES string of the molecule is CC/C(=C\c1ccc(O)cc1Cl)CC[C@@H](O)C1=C(COc2ccccc2)C[C@H]2C(=O)N(CCCCCC(=O)O)C(=O)[C@H]2[C@H]1CO. The summed E-state index contributed by atoms with van der Waals surface area (Å²) in [5, 5.41) is 41.3. The number of rotatable bonds is 16. The lowest BCUT2D eigenvalue weighted by Crippen LogP contribution is -2.40. The van der Waals surface area contributed by atoms with E-state index in [1.807, 2.05) is 43.3 Å². The predicted octanol–water partition coefficient (Wildman–Crippen LogP) is 5.61. The number of carboxylic acids is 1. The number of aliphatic hydroxyl groups excluding tert-OH is 2. The van der Waals surface area contributed by atoms with Crippen LogP contribution in [0.25, 0.3) is 6.08 Å². The Morgan fingerprint density at radius 1 is 1.09 bits per heavy atom. The summed E-state index contributed by atoms with van der Waals surface area (Å²) in [6.07, 6.45) is 4.30. The van der Waals surface area contributed by atoms with Crippen LogP contribution in [0.2, 0.25) is 5.02 Å². The van der Waals surface area contributed by atoms with Gasteiger partial charge in [0.1, 0.15) is 18.1 Å². The van der Waals surface area contributed by atoms with Gasteiger partial charge in [-0.25, -0.2) is 0 Å². The van der Waals surface area contributed by atoms with E-state index in [4.69, 9.17) is 21.4 Å². The number of unbranched alkanes of at least 4 members (excludes halogenated alkanes) is 2. The van der Waals surface area contributed by atoms with E-state index in [9.17, 15) is 29.7 Å². The highest BCUT2D eigenvalue weighted by Gasteiger charge is 2.54. The molecule has 1 aliphatic heterocycles. The van der Waals surface area contributed by atoms with Crippen molar-refractivity contribution in [2.75, 3.05) is 19.8 Å². The molecular weight excluding hydrogens is 598 g/mol. The number of imide groups is 1. The Morgan fingerprint density at radius 2 is 1.84 bits per heavy atom. The number of benzene rings is 2. The van der Waals surface area contributed by atoms with Gasteiger partial charge in [-0.3, -0.25) is 19.3 Å². The number of likely N-dealkylation sites (tertiary alicyclic amines) is 1. The van der Waals surface area contributed by atoms with Crippen molar-refractivity contribution in [1.82, 2.24) is 4.90 Å². The standard InChI is InChI=1S/C35H42ClNO8/c1-2-22(17-23-13-14-25(39)19-29(23)36)12-15-30(40)32-24(21-45-26-9-5-3-6-10-26)18-27-33(28(32)20-38)35(44)37(34(27)43)16-8-4-7-11-31(41)42/h3,5-6,9-10,13-14,17,19,27-28,30,33,38-40H,2,4,7-8,11-12,15-16,18,20-21H2,1H3,(H,41,42)/b22-17+/t27-,28+,30-,33-/m1/s1. The van der Waals surface area contributed by atoms with Crippen LogP contribution < -0.4 is 4.74 Å². The fourth-order valence-electron chi connectivity index (χ4n) is 6.47. The summed E-state index contributed by atoms with van der Waals surface area (Å²) in [5.41, 5.74) is 3.04. The Labute approximate surface area is 268 Å². The minimum atomic E-state index is -0.990. The van der Waals surface area contributed by atoms with Gasteiger partial charge in [-0.1, -0.05) is 54.8 Å². The molecular formula is C35H42ClNO8. The molecule has 45 heavy (non-hydrogen) atoms. The van der Waals surface area contributed by atoms with Crippen molar-refractivity contribution >= 4 is 35.5 Å². The van der Waals surface area contributed by atoms with Crippen LogP contribution in [0.3, 0.4) is 0 Å². The molecule has 0 radical (unpaired) electrons. The van der Waals surface area contributed by atoms with E-state index in [0.717, 1.165) is 11.1 Å². The molecule has 1 heterocycles. The summed E-state index contributed by atoms with van der Waals surface area (Å²) >= 11 is 6.32. The summed E-state index contributed by atoms with van der Waals surface area (Å²) in [6, 6.07) is 14.0. The van der Waals surface area contributed by atoms with Gasteiger partial charge in [-0.2, -0.15) is 0 Å². The number of carbonyl (C=O) groups is 3. The number of carboxylic acid groups (broad SMARTS) is 1. The molecule has 10 heteroatoms. The second kappa shape index (κ2) is 16.1. The second-order valence-corrected chi connectivity index (χ2v) is 12.1. The molecule has 0 unspecified atom stereocenters. The number of aromatic hydroxyl groups is 1. The molecule has 1 fully saturated rings. The lowest BCUT2D eigenvalue weighted by molar-refractivity contribution is -0.141. The summed E-state index contributed by atoms with van der Waals surface area (Å²) in [4.78, 5) is 39.3. The number of fused-ring (bicyclic) bond motifs is 1. The number of carbonyl (C=O) groups excluding carboxylic acids is 2. The highest BCUT2D eigenvalue weighted by atomic mass is 35.5. The van der Waals surface area contributed by atoms with E-state index in [-0.39, 0.29) is 43.6 Å². The maximum Gasteiger partial charge on any atom is 0.303 e.